The summed E-state index contributed by atoms with van der Waals surface area (Å²) >= 11 is 1.99. The quantitative estimate of drug-likeness (QED) is 0.609. The number of hydrogen-bond donors (Lipinski definition) is 0. The van der Waals surface area contributed by atoms with Crippen LogP contribution in [0.1, 0.15) is 54.0 Å². The summed E-state index contributed by atoms with van der Waals surface area (Å²) < 4.78 is 0.193. The highest BCUT2D eigenvalue weighted by Crippen LogP contribution is 2.54. The Morgan fingerprint density at radius 3 is 1.89 bits per heavy atom. The first-order valence-electron chi connectivity index (χ1n) is 6.73. The molecule has 0 fully saturated rings. The molecule has 102 valence electrons. The van der Waals surface area contributed by atoms with Gasteiger partial charge in [0.25, 0.3) is 0 Å². The molecule has 1 aromatic rings. The highest BCUT2D eigenvalue weighted by Gasteiger charge is 2.45. The zero-order valence-corrected chi connectivity index (χ0v) is 14.0. The number of aryl methyl sites for hydroxylation is 1. The van der Waals surface area contributed by atoms with E-state index in [1.165, 1.54) is 10.5 Å². The Hall–Kier alpha value is -0.430. The lowest BCUT2D eigenvalue weighted by Gasteiger charge is -2.50. The molecule has 0 spiro atoms. The van der Waals surface area contributed by atoms with Gasteiger partial charge in [-0.3, -0.25) is 0 Å². The van der Waals surface area contributed by atoms with Crippen LogP contribution in [0.5, 0.6) is 0 Å². The van der Waals surface area contributed by atoms with Crippen LogP contribution >= 0.6 is 11.8 Å². The second-order valence-corrected chi connectivity index (χ2v) is 9.00. The molecule has 0 aliphatic heterocycles. The van der Waals surface area contributed by atoms with Crippen LogP contribution < -0.4 is 0 Å². The number of hydrogen-bond acceptors (Lipinski definition) is 1. The molecule has 0 unspecified atom stereocenters. The van der Waals surface area contributed by atoms with E-state index in [0.29, 0.717) is 0 Å². The molecule has 0 aliphatic rings. The number of rotatable bonds is 3. The fourth-order valence-corrected chi connectivity index (χ4v) is 3.55. The predicted octanol–water partition coefficient (Wildman–Crippen LogP) is 5.94. The van der Waals surface area contributed by atoms with Gasteiger partial charge in [0.2, 0.25) is 0 Å². The van der Waals surface area contributed by atoms with Gasteiger partial charge in [-0.05, 0) is 43.7 Å². The van der Waals surface area contributed by atoms with Gasteiger partial charge in [0.05, 0.1) is 0 Å². The normalized spacial score (nSPS) is 13.8. The van der Waals surface area contributed by atoms with Gasteiger partial charge in [-0.15, -0.1) is 11.8 Å². The average Bonchev–Trinajstić information content (AvgIpc) is 2.14. The Balaban J connectivity index is 3.01. The van der Waals surface area contributed by atoms with E-state index >= 15 is 0 Å². The summed E-state index contributed by atoms with van der Waals surface area (Å²) in [5.41, 5.74) is 1.87. The Morgan fingerprint density at radius 2 is 1.44 bits per heavy atom. The van der Waals surface area contributed by atoms with Crippen LogP contribution in [0.3, 0.4) is 0 Å². The van der Waals surface area contributed by atoms with Crippen LogP contribution in [0.15, 0.2) is 29.2 Å². The second-order valence-electron chi connectivity index (χ2n) is 7.30. The van der Waals surface area contributed by atoms with Gasteiger partial charge in [0.15, 0.2) is 0 Å². The summed E-state index contributed by atoms with van der Waals surface area (Å²) in [7, 11) is 0. The lowest BCUT2D eigenvalue weighted by Crippen LogP contribution is -2.45. The fourth-order valence-electron chi connectivity index (χ4n) is 2.00. The maximum absolute atomic E-state index is 2.38. The first kappa shape index (κ1) is 15.6. The Labute approximate surface area is 118 Å². The van der Waals surface area contributed by atoms with Gasteiger partial charge in [0, 0.05) is 9.64 Å². The van der Waals surface area contributed by atoms with Crippen molar-refractivity contribution in [1.29, 1.82) is 0 Å². The van der Waals surface area contributed by atoms with E-state index in [1.54, 1.807) is 0 Å². The molecule has 18 heavy (non-hydrogen) atoms. The largest absolute Gasteiger partial charge is 0.119 e. The van der Waals surface area contributed by atoms with Crippen LogP contribution in [0, 0.1) is 17.8 Å². The Morgan fingerprint density at radius 1 is 0.889 bits per heavy atom. The van der Waals surface area contributed by atoms with Crippen LogP contribution in [-0.2, 0) is 0 Å². The summed E-state index contributed by atoms with van der Waals surface area (Å²) in [6.45, 7) is 18.7. The molecule has 1 aromatic carbocycles. The summed E-state index contributed by atoms with van der Waals surface area (Å²) in [5.74, 6) is 0. The minimum atomic E-state index is 0.193. The zero-order chi connectivity index (χ0) is 14.2. The summed E-state index contributed by atoms with van der Waals surface area (Å²) in [6.07, 6.45) is 0. The molecule has 1 heteroatoms. The first-order valence-corrected chi connectivity index (χ1v) is 7.55. The zero-order valence-electron chi connectivity index (χ0n) is 13.2. The third-order valence-electron chi connectivity index (χ3n) is 4.74. The van der Waals surface area contributed by atoms with E-state index < -0.39 is 0 Å². The van der Waals surface area contributed by atoms with Crippen molar-refractivity contribution in [3.8, 4) is 0 Å². The number of benzene rings is 1. The molecule has 0 heterocycles. The minimum Gasteiger partial charge on any atom is -0.119 e. The van der Waals surface area contributed by atoms with Crippen molar-refractivity contribution < 1.29 is 0 Å². The lowest BCUT2D eigenvalue weighted by molar-refractivity contribution is 0.0934. The van der Waals surface area contributed by atoms with E-state index in [-0.39, 0.29) is 15.6 Å². The van der Waals surface area contributed by atoms with Crippen LogP contribution in [-0.4, -0.2) is 4.75 Å². The van der Waals surface area contributed by atoms with Crippen molar-refractivity contribution in [2.75, 3.05) is 0 Å². The third-order valence-corrected chi connectivity index (χ3v) is 6.25. The van der Waals surface area contributed by atoms with E-state index in [2.05, 4.69) is 79.7 Å². The third kappa shape index (κ3) is 3.12. The lowest BCUT2D eigenvalue weighted by atomic mass is 9.63. The van der Waals surface area contributed by atoms with E-state index in [4.69, 9.17) is 0 Å². The van der Waals surface area contributed by atoms with Crippen molar-refractivity contribution in [2.45, 2.75) is 65.0 Å². The van der Waals surface area contributed by atoms with Gasteiger partial charge in [-0.1, -0.05) is 52.3 Å². The van der Waals surface area contributed by atoms with Crippen molar-refractivity contribution >= 4 is 11.8 Å². The van der Waals surface area contributed by atoms with Gasteiger partial charge in [-0.2, -0.15) is 0 Å². The van der Waals surface area contributed by atoms with Gasteiger partial charge in [0.1, 0.15) is 0 Å². The van der Waals surface area contributed by atoms with Crippen molar-refractivity contribution in [1.82, 2.24) is 0 Å². The fraction of sp³-hybridized carbons (Fsp3) is 0.647. The molecule has 1 rings (SSSR count). The van der Waals surface area contributed by atoms with Gasteiger partial charge < -0.3 is 0 Å². The maximum atomic E-state index is 2.38. The molecular weight excluding hydrogens is 236 g/mol. The molecule has 0 amide bonds. The molecule has 0 saturated carbocycles. The summed E-state index contributed by atoms with van der Waals surface area (Å²) in [6, 6.07) is 8.81. The molecule has 0 saturated heterocycles. The molecule has 0 aromatic heterocycles. The molecule has 0 nitrogen and oxygen atoms in total. The van der Waals surface area contributed by atoms with Crippen LogP contribution in [0.4, 0.5) is 0 Å². The van der Waals surface area contributed by atoms with E-state index in [9.17, 15) is 0 Å². The summed E-state index contributed by atoms with van der Waals surface area (Å²) in [4.78, 5) is 1.37. The Bertz CT molecular complexity index is 408. The smallest absolute Gasteiger partial charge is 0.0206 e. The van der Waals surface area contributed by atoms with Crippen molar-refractivity contribution in [3.63, 3.8) is 0 Å². The SMILES string of the molecule is Cc1cccc(SC(C)(C)C(C)(C)C(C)(C)C)c1. The standard InChI is InChI=1S/C17H28S/c1-13-10-9-11-14(12-13)18-17(7,8)16(5,6)15(2,3)4/h9-12H,1-8H3. The van der Waals surface area contributed by atoms with Crippen LogP contribution in [0.2, 0.25) is 0 Å². The summed E-state index contributed by atoms with van der Waals surface area (Å²) in [5, 5.41) is 0. The molecular formula is C17H28S. The highest BCUT2D eigenvalue weighted by molar-refractivity contribution is 8.00. The monoisotopic (exact) mass is 264 g/mol. The predicted molar refractivity (Wildman–Crippen MR) is 84.4 cm³/mol. The molecule has 0 atom stereocenters. The van der Waals surface area contributed by atoms with Crippen LogP contribution in [0.25, 0.3) is 0 Å². The van der Waals surface area contributed by atoms with Gasteiger partial charge >= 0.3 is 0 Å². The molecule has 0 N–H and O–H groups in total. The molecule has 0 bridgehead atoms. The molecule has 0 aliphatic carbocycles. The van der Waals surface area contributed by atoms with E-state index in [1.807, 2.05) is 11.8 Å². The van der Waals surface area contributed by atoms with Gasteiger partial charge in [-0.25, -0.2) is 0 Å². The van der Waals surface area contributed by atoms with Crippen molar-refractivity contribution in [3.05, 3.63) is 29.8 Å². The molecule has 0 radical (unpaired) electrons. The second kappa shape index (κ2) is 4.92. The number of thioether (sulfide) groups is 1. The minimum absolute atomic E-state index is 0.193. The Kier molecular flexibility index (Phi) is 4.27. The van der Waals surface area contributed by atoms with Crippen molar-refractivity contribution in [2.24, 2.45) is 10.8 Å². The maximum Gasteiger partial charge on any atom is 0.0206 e. The van der Waals surface area contributed by atoms with E-state index in [0.717, 1.165) is 0 Å². The highest BCUT2D eigenvalue weighted by atomic mass is 32.2. The topological polar surface area (TPSA) is 0 Å². The average molecular weight is 264 g/mol. The first-order chi connectivity index (χ1) is 7.97.